The van der Waals surface area contributed by atoms with E-state index in [4.69, 9.17) is 0 Å². The molecule has 0 unspecified atom stereocenters. The van der Waals surface area contributed by atoms with Crippen LogP contribution in [0, 0.1) is 0 Å². The number of amides is 2. The second kappa shape index (κ2) is 7.85. The highest BCUT2D eigenvalue weighted by atomic mass is 16.3. The van der Waals surface area contributed by atoms with Crippen LogP contribution in [0.2, 0.25) is 0 Å². The minimum Gasteiger partial charge on any atom is -0.504 e. The van der Waals surface area contributed by atoms with Gasteiger partial charge in [-0.1, -0.05) is 60.7 Å². The molecule has 0 aliphatic heterocycles. The third-order valence-electron chi connectivity index (χ3n) is 4.48. The summed E-state index contributed by atoms with van der Waals surface area (Å²) in [6.07, 6.45) is 1.44. The molecule has 0 atom stereocenters. The molecule has 144 valence electrons. The molecule has 4 rings (SSSR count). The molecule has 4 aromatic rings. The zero-order valence-electron chi connectivity index (χ0n) is 15.4. The summed E-state index contributed by atoms with van der Waals surface area (Å²) >= 11 is 0. The van der Waals surface area contributed by atoms with E-state index in [0.29, 0.717) is 5.69 Å². The average molecular weight is 386 g/mol. The van der Waals surface area contributed by atoms with Crippen molar-refractivity contribution in [1.82, 2.24) is 20.6 Å². The van der Waals surface area contributed by atoms with Crippen molar-refractivity contribution in [1.29, 1.82) is 0 Å². The Morgan fingerprint density at radius 1 is 0.897 bits per heavy atom. The Kier molecular flexibility index (Phi) is 4.94. The Morgan fingerprint density at radius 2 is 1.62 bits per heavy atom. The lowest BCUT2D eigenvalue weighted by atomic mass is 10.0. The fraction of sp³-hybridized carbons (Fsp3) is 0.0455. The van der Waals surface area contributed by atoms with Crippen LogP contribution in [-0.4, -0.2) is 26.7 Å². The molecule has 1 heterocycles. The van der Waals surface area contributed by atoms with Crippen LogP contribution < -0.4 is 10.9 Å². The minimum absolute atomic E-state index is 0.103. The van der Waals surface area contributed by atoms with Gasteiger partial charge in [0.2, 0.25) is 5.91 Å². The molecule has 0 fully saturated rings. The van der Waals surface area contributed by atoms with E-state index in [1.54, 1.807) is 12.1 Å². The lowest BCUT2D eigenvalue weighted by Crippen LogP contribution is -2.42. The fourth-order valence-corrected chi connectivity index (χ4v) is 3.09. The van der Waals surface area contributed by atoms with Gasteiger partial charge in [0.05, 0.1) is 18.3 Å². The molecule has 0 radical (unpaired) electrons. The van der Waals surface area contributed by atoms with E-state index in [-0.39, 0.29) is 23.8 Å². The van der Waals surface area contributed by atoms with E-state index in [9.17, 15) is 14.7 Å². The summed E-state index contributed by atoms with van der Waals surface area (Å²) in [6, 6.07) is 22.6. The van der Waals surface area contributed by atoms with Gasteiger partial charge in [-0.05, 0) is 28.5 Å². The number of carbonyl (C=O) groups is 2. The van der Waals surface area contributed by atoms with E-state index in [2.05, 4.69) is 16.0 Å². The Labute approximate surface area is 166 Å². The van der Waals surface area contributed by atoms with Gasteiger partial charge < -0.3 is 5.11 Å². The molecule has 29 heavy (non-hydrogen) atoms. The normalized spacial score (nSPS) is 10.6. The van der Waals surface area contributed by atoms with Crippen molar-refractivity contribution in [3.8, 4) is 11.4 Å². The Balaban J connectivity index is 1.42. The first-order chi connectivity index (χ1) is 14.1. The molecule has 0 saturated heterocycles. The standard InChI is InChI=1S/C22H18N4O3/c27-19-14-26(17-10-2-1-3-11-17)25-21(19)22(29)24-23-20(28)13-16-9-6-8-15-7-4-5-12-18(15)16/h1-12,14,27H,13H2,(H,23,28)(H,24,29). The largest absolute Gasteiger partial charge is 0.504 e. The van der Waals surface area contributed by atoms with Crippen molar-refractivity contribution in [3.63, 3.8) is 0 Å². The smallest absolute Gasteiger partial charge is 0.294 e. The molecule has 3 aromatic carbocycles. The van der Waals surface area contributed by atoms with Crippen molar-refractivity contribution in [2.24, 2.45) is 0 Å². The molecule has 0 bridgehead atoms. The van der Waals surface area contributed by atoms with Crippen LogP contribution in [0.15, 0.2) is 79.0 Å². The number of hydrazine groups is 1. The van der Waals surface area contributed by atoms with Gasteiger partial charge in [0.15, 0.2) is 11.4 Å². The molecule has 7 nitrogen and oxygen atoms in total. The van der Waals surface area contributed by atoms with Crippen LogP contribution in [0.1, 0.15) is 16.1 Å². The number of aromatic hydroxyl groups is 1. The Morgan fingerprint density at radius 3 is 2.45 bits per heavy atom. The SMILES string of the molecule is O=C(Cc1cccc2ccccc12)NNC(=O)c1nn(-c2ccccc2)cc1O. The lowest BCUT2D eigenvalue weighted by Gasteiger charge is -2.08. The summed E-state index contributed by atoms with van der Waals surface area (Å²) in [5.74, 6) is -1.37. The van der Waals surface area contributed by atoms with Crippen molar-refractivity contribution in [2.75, 3.05) is 0 Å². The summed E-state index contributed by atoms with van der Waals surface area (Å²) in [5, 5.41) is 16.1. The van der Waals surface area contributed by atoms with Crippen molar-refractivity contribution >= 4 is 22.6 Å². The number of aromatic nitrogens is 2. The number of para-hydroxylation sites is 1. The number of benzene rings is 3. The number of rotatable bonds is 4. The zero-order valence-corrected chi connectivity index (χ0v) is 15.4. The van der Waals surface area contributed by atoms with Crippen molar-refractivity contribution < 1.29 is 14.7 Å². The Hall–Kier alpha value is -4.13. The van der Waals surface area contributed by atoms with E-state index in [1.807, 2.05) is 60.7 Å². The molecule has 1 aromatic heterocycles. The van der Waals surface area contributed by atoms with Gasteiger partial charge in [0.1, 0.15) is 0 Å². The van der Waals surface area contributed by atoms with Crippen LogP contribution in [0.4, 0.5) is 0 Å². The second-order valence-electron chi connectivity index (χ2n) is 6.46. The molecule has 0 aliphatic carbocycles. The van der Waals surface area contributed by atoms with Crippen LogP contribution in [0.25, 0.3) is 16.5 Å². The summed E-state index contributed by atoms with van der Waals surface area (Å²) in [6.45, 7) is 0. The summed E-state index contributed by atoms with van der Waals surface area (Å²) in [4.78, 5) is 24.6. The van der Waals surface area contributed by atoms with E-state index >= 15 is 0 Å². The number of hydrogen-bond acceptors (Lipinski definition) is 4. The van der Waals surface area contributed by atoms with Gasteiger partial charge in [-0.3, -0.25) is 20.4 Å². The molecule has 2 amide bonds. The number of hydrogen-bond donors (Lipinski definition) is 3. The van der Waals surface area contributed by atoms with Gasteiger partial charge in [-0.15, -0.1) is 0 Å². The van der Waals surface area contributed by atoms with E-state index in [1.165, 1.54) is 10.9 Å². The summed E-state index contributed by atoms with van der Waals surface area (Å²) < 4.78 is 1.39. The molecule has 7 heteroatoms. The number of nitrogens with one attached hydrogen (secondary N) is 2. The van der Waals surface area contributed by atoms with Gasteiger partial charge in [0, 0.05) is 0 Å². The number of carbonyl (C=O) groups excluding carboxylic acids is 2. The van der Waals surface area contributed by atoms with Gasteiger partial charge >= 0.3 is 0 Å². The fourth-order valence-electron chi connectivity index (χ4n) is 3.09. The van der Waals surface area contributed by atoms with Gasteiger partial charge in [-0.25, -0.2) is 4.68 Å². The van der Waals surface area contributed by atoms with Crippen LogP contribution in [0.3, 0.4) is 0 Å². The highest BCUT2D eigenvalue weighted by Crippen LogP contribution is 2.19. The summed E-state index contributed by atoms with van der Waals surface area (Å²) in [5.41, 5.74) is 6.04. The average Bonchev–Trinajstić information content (AvgIpc) is 3.15. The maximum atomic E-state index is 12.3. The molecule has 3 N–H and O–H groups in total. The van der Waals surface area contributed by atoms with E-state index in [0.717, 1.165) is 16.3 Å². The zero-order chi connectivity index (χ0) is 20.2. The molecule has 0 saturated carbocycles. The highest BCUT2D eigenvalue weighted by molar-refractivity contribution is 5.96. The number of nitrogens with zero attached hydrogens (tertiary/aromatic N) is 2. The minimum atomic E-state index is -0.705. The van der Waals surface area contributed by atoms with Crippen LogP contribution in [0.5, 0.6) is 5.75 Å². The number of fused-ring (bicyclic) bond motifs is 1. The first-order valence-corrected chi connectivity index (χ1v) is 9.02. The van der Waals surface area contributed by atoms with Crippen molar-refractivity contribution in [2.45, 2.75) is 6.42 Å². The lowest BCUT2D eigenvalue weighted by molar-refractivity contribution is -0.121. The maximum absolute atomic E-state index is 12.3. The van der Waals surface area contributed by atoms with E-state index < -0.39 is 5.91 Å². The molecular weight excluding hydrogens is 368 g/mol. The third kappa shape index (κ3) is 3.93. The molecular formula is C22H18N4O3. The third-order valence-corrected chi connectivity index (χ3v) is 4.48. The predicted molar refractivity (Wildman–Crippen MR) is 108 cm³/mol. The van der Waals surface area contributed by atoms with Crippen LogP contribution in [-0.2, 0) is 11.2 Å². The van der Waals surface area contributed by atoms with Crippen LogP contribution >= 0.6 is 0 Å². The monoisotopic (exact) mass is 386 g/mol. The quantitative estimate of drug-likeness (QED) is 0.470. The molecule has 0 spiro atoms. The topological polar surface area (TPSA) is 96.3 Å². The first-order valence-electron chi connectivity index (χ1n) is 9.02. The molecule has 0 aliphatic rings. The maximum Gasteiger partial charge on any atom is 0.294 e. The van der Waals surface area contributed by atoms with Crippen molar-refractivity contribution in [3.05, 3.63) is 90.3 Å². The predicted octanol–water partition coefficient (Wildman–Crippen LogP) is 2.73. The summed E-state index contributed by atoms with van der Waals surface area (Å²) in [7, 11) is 0. The van der Waals surface area contributed by atoms with Gasteiger partial charge in [-0.2, -0.15) is 5.10 Å². The highest BCUT2D eigenvalue weighted by Gasteiger charge is 2.18. The Bertz CT molecular complexity index is 1180. The van der Waals surface area contributed by atoms with Gasteiger partial charge in [0.25, 0.3) is 5.91 Å². The second-order valence-corrected chi connectivity index (χ2v) is 6.46. The first kappa shape index (κ1) is 18.2.